The highest BCUT2D eigenvalue weighted by Crippen LogP contribution is 2.39. The molecule has 0 radical (unpaired) electrons. The molecule has 2 aromatic carbocycles. The molecule has 6 nitrogen and oxygen atoms in total. The number of anilines is 2. The summed E-state index contributed by atoms with van der Waals surface area (Å²) in [5, 5.41) is 9.26. The molecule has 0 saturated carbocycles. The van der Waals surface area contributed by atoms with Crippen LogP contribution in [0.1, 0.15) is 22.8 Å². The highest BCUT2D eigenvalue weighted by Gasteiger charge is 2.32. The minimum atomic E-state index is -3.84. The Balaban J connectivity index is 2.11. The lowest BCUT2D eigenvalue weighted by molar-refractivity contribution is 0.0526. The molecule has 0 amide bonds. The molecule has 1 aliphatic heterocycles. The van der Waals surface area contributed by atoms with E-state index in [1.54, 1.807) is 54.3 Å². The molecule has 0 unspecified atom stereocenters. The number of aryl methyl sites for hydroxylation is 1. The van der Waals surface area contributed by atoms with Gasteiger partial charge in [-0.1, -0.05) is 6.07 Å². The van der Waals surface area contributed by atoms with Gasteiger partial charge in [0.15, 0.2) is 4.91 Å². The maximum atomic E-state index is 12.6. The number of rotatable bonds is 3. The molecule has 0 N–H and O–H groups in total. The van der Waals surface area contributed by atoms with E-state index in [0.29, 0.717) is 16.9 Å². The summed E-state index contributed by atoms with van der Waals surface area (Å²) in [6, 6.07) is 13.3. The normalized spacial score (nSPS) is 14.8. The Kier molecular flexibility index (Phi) is 4.53. The molecule has 0 bridgehead atoms. The number of nitriles is 1. The van der Waals surface area contributed by atoms with Gasteiger partial charge in [-0.15, -0.1) is 0 Å². The summed E-state index contributed by atoms with van der Waals surface area (Å²) in [5.41, 5.74) is 2.38. The van der Waals surface area contributed by atoms with Gasteiger partial charge in [0.05, 0.1) is 22.8 Å². The van der Waals surface area contributed by atoms with Gasteiger partial charge in [-0.05, 0) is 55.8 Å². The van der Waals surface area contributed by atoms with E-state index < -0.39 is 15.8 Å². The van der Waals surface area contributed by atoms with Crippen LogP contribution in [0.15, 0.2) is 58.5 Å². The Morgan fingerprint density at radius 1 is 1.19 bits per heavy atom. The van der Waals surface area contributed by atoms with Crippen molar-refractivity contribution < 1.29 is 17.9 Å². The average molecular weight is 368 g/mol. The van der Waals surface area contributed by atoms with Crippen molar-refractivity contribution in [2.24, 2.45) is 0 Å². The Labute approximate surface area is 151 Å². The molecule has 0 saturated heterocycles. The van der Waals surface area contributed by atoms with Crippen molar-refractivity contribution in [2.75, 3.05) is 11.5 Å². The van der Waals surface area contributed by atoms with Gasteiger partial charge in [-0.2, -0.15) is 5.26 Å². The van der Waals surface area contributed by atoms with Crippen LogP contribution in [0.4, 0.5) is 11.4 Å². The van der Waals surface area contributed by atoms with Gasteiger partial charge in [0.25, 0.3) is 0 Å². The fourth-order valence-corrected chi connectivity index (χ4v) is 3.97. The highest BCUT2D eigenvalue weighted by atomic mass is 32.2. The molecule has 132 valence electrons. The van der Waals surface area contributed by atoms with Crippen molar-refractivity contribution in [3.63, 3.8) is 0 Å². The molecule has 0 aromatic heterocycles. The monoisotopic (exact) mass is 368 g/mol. The number of benzene rings is 2. The van der Waals surface area contributed by atoms with Crippen LogP contribution < -0.4 is 4.90 Å². The van der Waals surface area contributed by atoms with E-state index in [1.807, 2.05) is 6.92 Å². The lowest BCUT2D eigenvalue weighted by Crippen LogP contribution is -2.21. The SMILES string of the molecule is CCOC(=O)c1ccc(N2C=C(C#N)S(=O)(=O)c3ccc(C)cc32)cc1. The largest absolute Gasteiger partial charge is 0.462 e. The number of allylic oxidation sites excluding steroid dienone is 1. The van der Waals surface area contributed by atoms with Crippen LogP contribution in [0.25, 0.3) is 0 Å². The smallest absolute Gasteiger partial charge is 0.338 e. The van der Waals surface area contributed by atoms with Crippen LogP contribution in [-0.2, 0) is 14.6 Å². The zero-order valence-corrected chi connectivity index (χ0v) is 15.1. The van der Waals surface area contributed by atoms with E-state index in [9.17, 15) is 18.5 Å². The number of sulfone groups is 1. The van der Waals surface area contributed by atoms with E-state index in [-0.39, 0.29) is 16.4 Å². The quantitative estimate of drug-likeness (QED) is 0.771. The molecule has 3 rings (SSSR count). The summed E-state index contributed by atoms with van der Waals surface area (Å²) < 4.78 is 30.1. The number of ether oxygens (including phenoxy) is 1. The van der Waals surface area contributed by atoms with Crippen molar-refractivity contribution in [3.05, 3.63) is 64.7 Å². The Bertz CT molecular complexity index is 1050. The molecular formula is C19H16N2O4S. The van der Waals surface area contributed by atoms with Crippen LogP contribution in [0.2, 0.25) is 0 Å². The fraction of sp³-hybridized carbons (Fsp3) is 0.158. The number of nitrogens with zero attached hydrogens (tertiary/aromatic N) is 2. The number of carbonyl (C=O) groups is 1. The highest BCUT2D eigenvalue weighted by molar-refractivity contribution is 7.95. The summed E-state index contributed by atoms with van der Waals surface area (Å²) in [4.78, 5) is 13.2. The van der Waals surface area contributed by atoms with Crippen LogP contribution >= 0.6 is 0 Å². The Morgan fingerprint density at radius 3 is 2.50 bits per heavy atom. The Morgan fingerprint density at radius 2 is 1.88 bits per heavy atom. The average Bonchev–Trinajstić information content (AvgIpc) is 2.62. The first-order valence-corrected chi connectivity index (χ1v) is 9.41. The van der Waals surface area contributed by atoms with E-state index in [4.69, 9.17) is 4.74 Å². The van der Waals surface area contributed by atoms with Crippen molar-refractivity contribution in [2.45, 2.75) is 18.7 Å². The van der Waals surface area contributed by atoms with Gasteiger partial charge in [0.2, 0.25) is 9.84 Å². The van der Waals surface area contributed by atoms with Crippen molar-refractivity contribution in [1.82, 2.24) is 0 Å². The number of esters is 1. The van der Waals surface area contributed by atoms with Crippen molar-refractivity contribution >= 4 is 27.2 Å². The van der Waals surface area contributed by atoms with Gasteiger partial charge >= 0.3 is 5.97 Å². The van der Waals surface area contributed by atoms with Crippen LogP contribution in [0, 0.1) is 18.3 Å². The van der Waals surface area contributed by atoms with E-state index in [0.717, 1.165) is 5.56 Å². The van der Waals surface area contributed by atoms with Gasteiger partial charge in [-0.25, -0.2) is 13.2 Å². The standard InChI is InChI=1S/C19H16N2O4S/c1-3-25-19(22)14-5-7-15(8-6-14)21-12-16(11-20)26(23,24)18-9-4-13(2)10-17(18)21/h4-10,12H,3H2,1-2H3. The first-order chi connectivity index (χ1) is 12.4. The minimum absolute atomic E-state index is 0.0802. The molecule has 0 atom stereocenters. The van der Waals surface area contributed by atoms with Crippen LogP contribution in [0.3, 0.4) is 0 Å². The molecular weight excluding hydrogens is 352 g/mol. The molecule has 1 aliphatic rings. The molecule has 2 aromatic rings. The van der Waals surface area contributed by atoms with Gasteiger partial charge in [0.1, 0.15) is 6.07 Å². The first kappa shape index (κ1) is 17.7. The molecule has 26 heavy (non-hydrogen) atoms. The summed E-state index contributed by atoms with van der Waals surface area (Å²) in [6.45, 7) is 3.87. The lowest BCUT2D eigenvalue weighted by atomic mass is 10.1. The number of hydrogen-bond acceptors (Lipinski definition) is 6. The first-order valence-electron chi connectivity index (χ1n) is 7.92. The van der Waals surface area contributed by atoms with Crippen LogP contribution in [0.5, 0.6) is 0 Å². The van der Waals surface area contributed by atoms with Gasteiger partial charge < -0.3 is 9.64 Å². The third kappa shape index (κ3) is 2.95. The lowest BCUT2D eigenvalue weighted by Gasteiger charge is -2.28. The second kappa shape index (κ2) is 6.65. The minimum Gasteiger partial charge on any atom is -0.462 e. The maximum Gasteiger partial charge on any atom is 0.338 e. The number of carbonyl (C=O) groups excluding carboxylic acids is 1. The predicted octanol–water partition coefficient (Wildman–Crippen LogP) is 3.46. The third-order valence-corrected chi connectivity index (χ3v) is 5.67. The van der Waals surface area contributed by atoms with Gasteiger partial charge in [-0.3, -0.25) is 0 Å². The molecule has 1 heterocycles. The van der Waals surface area contributed by atoms with Crippen molar-refractivity contribution in [3.8, 4) is 6.07 Å². The zero-order chi connectivity index (χ0) is 18.9. The van der Waals surface area contributed by atoms with Crippen molar-refractivity contribution in [1.29, 1.82) is 5.26 Å². The number of hydrogen-bond donors (Lipinski definition) is 0. The van der Waals surface area contributed by atoms with E-state index in [1.165, 1.54) is 12.3 Å². The molecule has 0 fully saturated rings. The third-order valence-electron chi connectivity index (χ3n) is 3.97. The Hall–Kier alpha value is -3.11. The maximum absolute atomic E-state index is 12.6. The predicted molar refractivity (Wildman–Crippen MR) is 96.6 cm³/mol. The van der Waals surface area contributed by atoms with E-state index in [2.05, 4.69) is 0 Å². The molecule has 0 spiro atoms. The summed E-state index contributed by atoms with van der Waals surface area (Å²) in [5.74, 6) is -0.426. The second-order valence-electron chi connectivity index (χ2n) is 5.72. The summed E-state index contributed by atoms with van der Waals surface area (Å²) in [7, 11) is -3.84. The zero-order valence-electron chi connectivity index (χ0n) is 14.3. The number of fused-ring (bicyclic) bond motifs is 1. The van der Waals surface area contributed by atoms with E-state index >= 15 is 0 Å². The summed E-state index contributed by atoms with van der Waals surface area (Å²) in [6.07, 6.45) is 1.30. The van der Waals surface area contributed by atoms with Crippen LogP contribution in [-0.4, -0.2) is 21.0 Å². The summed E-state index contributed by atoms with van der Waals surface area (Å²) >= 11 is 0. The fourth-order valence-electron chi connectivity index (χ4n) is 2.69. The second-order valence-corrected chi connectivity index (χ2v) is 7.60. The molecule has 0 aliphatic carbocycles. The molecule has 7 heteroatoms. The van der Waals surface area contributed by atoms with Gasteiger partial charge in [0, 0.05) is 11.9 Å². The topological polar surface area (TPSA) is 87.5 Å².